The van der Waals surface area contributed by atoms with Crippen molar-refractivity contribution in [3.8, 4) is 11.5 Å². The van der Waals surface area contributed by atoms with Crippen molar-refractivity contribution in [1.29, 1.82) is 0 Å². The van der Waals surface area contributed by atoms with E-state index >= 15 is 0 Å². The molecule has 0 aromatic heterocycles. The second-order valence-electron chi connectivity index (χ2n) is 7.30. The zero-order valence-electron chi connectivity index (χ0n) is 18.0. The number of methoxy groups -OCH3 is 1. The SMILES string of the molecule is COc1cc(C=CC(=O)O[C@@H]2[C@H](OC(C)=O)[C@@H](O)[C@@H](CNC[C@H](C)O)O[C@H]2O)ccc1O. The molecule has 11 nitrogen and oxygen atoms in total. The molecule has 11 heteroatoms. The van der Waals surface area contributed by atoms with Gasteiger partial charge in [0.2, 0.25) is 0 Å². The Morgan fingerprint density at radius 3 is 2.59 bits per heavy atom. The van der Waals surface area contributed by atoms with Gasteiger partial charge in [-0.05, 0) is 30.7 Å². The molecule has 2 rings (SSSR count). The van der Waals surface area contributed by atoms with Gasteiger partial charge in [-0.2, -0.15) is 0 Å². The van der Waals surface area contributed by atoms with E-state index in [0.29, 0.717) is 5.56 Å². The highest BCUT2D eigenvalue weighted by Crippen LogP contribution is 2.27. The van der Waals surface area contributed by atoms with Crippen molar-refractivity contribution in [3.05, 3.63) is 29.8 Å². The maximum Gasteiger partial charge on any atom is 0.331 e. The number of esters is 2. The fraction of sp³-hybridized carbons (Fsp3) is 0.524. The Labute approximate surface area is 185 Å². The summed E-state index contributed by atoms with van der Waals surface area (Å²) < 4.78 is 20.6. The molecule has 1 aromatic carbocycles. The number of aliphatic hydroxyl groups is 3. The Balaban J connectivity index is 2.08. The molecule has 0 bridgehead atoms. The van der Waals surface area contributed by atoms with Gasteiger partial charge in [-0.25, -0.2) is 4.79 Å². The highest BCUT2D eigenvalue weighted by molar-refractivity contribution is 5.87. The van der Waals surface area contributed by atoms with Gasteiger partial charge in [-0.3, -0.25) is 4.79 Å². The Kier molecular flexibility index (Phi) is 9.42. The maximum atomic E-state index is 12.3. The third-order valence-electron chi connectivity index (χ3n) is 4.59. The first-order chi connectivity index (χ1) is 15.1. The third-order valence-corrected chi connectivity index (χ3v) is 4.59. The van der Waals surface area contributed by atoms with E-state index in [0.717, 1.165) is 13.0 Å². The lowest BCUT2D eigenvalue weighted by Crippen LogP contribution is -2.62. The quantitative estimate of drug-likeness (QED) is 0.236. The van der Waals surface area contributed by atoms with E-state index in [2.05, 4.69) is 5.32 Å². The number of aliphatic hydroxyl groups excluding tert-OH is 3. The summed E-state index contributed by atoms with van der Waals surface area (Å²) >= 11 is 0. The molecule has 0 amide bonds. The smallest absolute Gasteiger partial charge is 0.331 e. The molecule has 1 aliphatic heterocycles. The minimum atomic E-state index is -1.67. The average molecular weight is 455 g/mol. The van der Waals surface area contributed by atoms with Crippen LogP contribution in [0.3, 0.4) is 0 Å². The van der Waals surface area contributed by atoms with Crippen molar-refractivity contribution in [2.45, 2.75) is 50.7 Å². The summed E-state index contributed by atoms with van der Waals surface area (Å²) in [6, 6.07) is 4.42. The number of hydrogen-bond donors (Lipinski definition) is 5. The summed E-state index contributed by atoms with van der Waals surface area (Å²) in [5.74, 6) is -1.48. The Morgan fingerprint density at radius 2 is 1.97 bits per heavy atom. The van der Waals surface area contributed by atoms with Crippen molar-refractivity contribution in [2.24, 2.45) is 0 Å². The molecule has 0 spiro atoms. The van der Waals surface area contributed by atoms with Crippen molar-refractivity contribution in [2.75, 3.05) is 20.2 Å². The first-order valence-corrected chi connectivity index (χ1v) is 9.95. The molecule has 1 heterocycles. The highest BCUT2D eigenvalue weighted by Gasteiger charge is 2.48. The molecular formula is C21H29NO10. The highest BCUT2D eigenvalue weighted by atomic mass is 16.7. The van der Waals surface area contributed by atoms with Crippen molar-refractivity contribution >= 4 is 18.0 Å². The summed E-state index contributed by atoms with van der Waals surface area (Å²) in [5.41, 5.74) is 0.526. The average Bonchev–Trinajstić information content (AvgIpc) is 2.72. The van der Waals surface area contributed by atoms with Gasteiger partial charge in [-0.15, -0.1) is 0 Å². The van der Waals surface area contributed by atoms with Crippen LogP contribution in [-0.4, -0.2) is 89.4 Å². The zero-order chi connectivity index (χ0) is 23.8. The van der Waals surface area contributed by atoms with E-state index in [1.807, 2.05) is 0 Å². The molecular weight excluding hydrogens is 426 g/mol. The van der Waals surface area contributed by atoms with Crippen LogP contribution < -0.4 is 10.1 Å². The molecule has 1 saturated heterocycles. The molecule has 5 N–H and O–H groups in total. The Morgan fingerprint density at radius 1 is 1.25 bits per heavy atom. The molecule has 1 aliphatic rings. The standard InChI is InChI=1S/C21H29NO10/c1-11(23)9-22-10-16-18(27)19(30-12(2)24)20(21(28)31-16)32-17(26)7-5-13-4-6-14(25)15(8-13)29-3/h4-8,11,16,18-23,25,27-28H,9-10H2,1-3H3/t11-,16+,18-,19+,20+,21+/m0/s1. The van der Waals surface area contributed by atoms with E-state index in [1.165, 1.54) is 31.4 Å². The Bertz CT molecular complexity index is 812. The second-order valence-corrected chi connectivity index (χ2v) is 7.30. The molecule has 0 radical (unpaired) electrons. The van der Waals surface area contributed by atoms with Gasteiger partial charge in [0.25, 0.3) is 0 Å². The molecule has 0 aliphatic carbocycles. The van der Waals surface area contributed by atoms with Crippen LogP contribution in [0.5, 0.6) is 11.5 Å². The molecule has 32 heavy (non-hydrogen) atoms. The van der Waals surface area contributed by atoms with Gasteiger partial charge in [0, 0.05) is 26.1 Å². The van der Waals surface area contributed by atoms with Gasteiger partial charge in [-0.1, -0.05) is 6.07 Å². The number of nitrogens with one attached hydrogen (secondary N) is 1. The number of aromatic hydroxyl groups is 1. The Hall–Kier alpha value is -2.70. The lowest BCUT2D eigenvalue weighted by molar-refractivity contribution is -0.287. The van der Waals surface area contributed by atoms with E-state index in [9.17, 15) is 30.0 Å². The van der Waals surface area contributed by atoms with Crippen LogP contribution in [0.25, 0.3) is 6.08 Å². The van der Waals surface area contributed by atoms with Gasteiger partial charge < -0.3 is 44.7 Å². The normalized spacial score (nSPS) is 26.5. The molecule has 1 aromatic rings. The lowest BCUT2D eigenvalue weighted by Gasteiger charge is -2.41. The number of hydrogen-bond acceptors (Lipinski definition) is 11. The number of phenols is 1. The van der Waals surface area contributed by atoms with Gasteiger partial charge in [0.05, 0.1) is 13.2 Å². The zero-order valence-corrected chi connectivity index (χ0v) is 18.0. The number of rotatable bonds is 9. The number of phenolic OH excluding ortho intramolecular Hbond substituents is 1. The van der Waals surface area contributed by atoms with Crippen molar-refractivity contribution in [3.63, 3.8) is 0 Å². The minimum absolute atomic E-state index is 0.0458. The molecule has 0 saturated carbocycles. The van der Waals surface area contributed by atoms with Crippen LogP contribution in [0.15, 0.2) is 24.3 Å². The fourth-order valence-electron chi connectivity index (χ4n) is 3.10. The van der Waals surface area contributed by atoms with Crippen LogP contribution in [0.2, 0.25) is 0 Å². The number of carbonyl (C=O) groups is 2. The topological polar surface area (TPSA) is 164 Å². The van der Waals surface area contributed by atoms with E-state index < -0.39 is 48.7 Å². The second kappa shape index (κ2) is 11.8. The van der Waals surface area contributed by atoms with Gasteiger partial charge in [0.15, 0.2) is 30.0 Å². The largest absolute Gasteiger partial charge is 0.504 e. The van der Waals surface area contributed by atoms with Crippen LogP contribution in [0.4, 0.5) is 0 Å². The first kappa shape index (κ1) is 25.6. The van der Waals surface area contributed by atoms with Gasteiger partial charge in [0.1, 0.15) is 12.2 Å². The summed E-state index contributed by atoms with van der Waals surface area (Å²) in [7, 11) is 1.38. The molecule has 0 unspecified atom stereocenters. The monoisotopic (exact) mass is 455 g/mol. The molecule has 178 valence electrons. The van der Waals surface area contributed by atoms with Crippen LogP contribution in [0, 0.1) is 0 Å². The number of carbonyl (C=O) groups excluding carboxylic acids is 2. The summed E-state index contributed by atoms with van der Waals surface area (Å²) in [4.78, 5) is 23.8. The molecule has 6 atom stereocenters. The fourth-order valence-corrected chi connectivity index (χ4v) is 3.10. The predicted octanol–water partition coefficient (Wildman–Crippen LogP) is -0.694. The first-order valence-electron chi connectivity index (χ1n) is 9.95. The van der Waals surface area contributed by atoms with Gasteiger partial charge >= 0.3 is 11.9 Å². The van der Waals surface area contributed by atoms with Crippen LogP contribution >= 0.6 is 0 Å². The molecule has 1 fully saturated rings. The predicted molar refractivity (Wildman–Crippen MR) is 111 cm³/mol. The summed E-state index contributed by atoms with van der Waals surface area (Å²) in [5, 5.41) is 42.7. The van der Waals surface area contributed by atoms with E-state index in [4.69, 9.17) is 18.9 Å². The minimum Gasteiger partial charge on any atom is -0.504 e. The van der Waals surface area contributed by atoms with Crippen molar-refractivity contribution in [1.82, 2.24) is 5.32 Å². The lowest BCUT2D eigenvalue weighted by atomic mass is 9.98. The summed E-state index contributed by atoms with van der Waals surface area (Å²) in [6.07, 6.45) is -5.11. The number of ether oxygens (including phenoxy) is 4. The van der Waals surface area contributed by atoms with Crippen molar-refractivity contribution < 1.29 is 49.0 Å². The maximum absolute atomic E-state index is 12.3. The summed E-state index contributed by atoms with van der Waals surface area (Å²) in [6.45, 7) is 2.95. The third kappa shape index (κ3) is 7.18. The number of benzene rings is 1. The van der Waals surface area contributed by atoms with Crippen LogP contribution in [0.1, 0.15) is 19.4 Å². The van der Waals surface area contributed by atoms with Crippen LogP contribution in [-0.2, 0) is 23.8 Å². The van der Waals surface area contributed by atoms with E-state index in [-0.39, 0.29) is 24.6 Å². The van der Waals surface area contributed by atoms with E-state index in [1.54, 1.807) is 6.92 Å².